The Hall–Kier alpha value is -2.33. The average molecular weight is 313 g/mol. The molecule has 0 aliphatic heterocycles. The number of nitrogens with one attached hydrogen (secondary N) is 1. The number of ether oxygens (including phenoxy) is 1. The maximum Gasteiger partial charge on any atom is 0.220 e. The number of hydrogen-bond donors (Lipinski definition) is 2. The van der Waals surface area contributed by atoms with Crippen molar-refractivity contribution in [2.45, 2.75) is 25.9 Å². The van der Waals surface area contributed by atoms with Crippen LogP contribution < -0.4 is 10.1 Å². The molecule has 2 aromatic carbocycles. The van der Waals surface area contributed by atoms with Crippen molar-refractivity contribution < 1.29 is 14.6 Å². The number of aliphatic hydroxyl groups excluding tert-OH is 1. The van der Waals surface area contributed by atoms with Crippen LogP contribution in [0.15, 0.2) is 48.5 Å². The van der Waals surface area contributed by atoms with Crippen molar-refractivity contribution in [1.82, 2.24) is 5.32 Å². The van der Waals surface area contributed by atoms with Crippen molar-refractivity contribution in [3.8, 4) is 5.75 Å². The smallest absolute Gasteiger partial charge is 0.220 e. The first-order chi connectivity index (χ1) is 11.1. The molecule has 1 atom stereocenters. The number of hydrogen-bond acceptors (Lipinski definition) is 3. The maximum atomic E-state index is 11.9. The molecule has 1 unspecified atom stereocenters. The number of methoxy groups -OCH3 is 1. The molecule has 0 saturated carbocycles. The number of amides is 1. The van der Waals surface area contributed by atoms with Crippen LogP contribution in [-0.2, 0) is 11.2 Å². The summed E-state index contributed by atoms with van der Waals surface area (Å²) < 4.78 is 5.13. The normalized spacial score (nSPS) is 11.8. The summed E-state index contributed by atoms with van der Waals surface area (Å²) in [5, 5.41) is 12.9. The second-order valence-corrected chi connectivity index (χ2v) is 5.59. The number of rotatable bonds is 7. The summed E-state index contributed by atoms with van der Waals surface area (Å²) in [5.41, 5.74) is 3.06. The van der Waals surface area contributed by atoms with Gasteiger partial charge in [0.2, 0.25) is 5.91 Å². The number of carbonyl (C=O) groups excluding carboxylic acids is 1. The molecule has 0 aliphatic rings. The minimum atomic E-state index is -0.743. The summed E-state index contributed by atoms with van der Waals surface area (Å²) in [6.07, 6.45) is 0.366. The van der Waals surface area contributed by atoms with Crippen molar-refractivity contribution >= 4 is 5.91 Å². The molecule has 0 bridgehead atoms. The van der Waals surface area contributed by atoms with Crippen LogP contribution in [0.2, 0.25) is 0 Å². The van der Waals surface area contributed by atoms with Gasteiger partial charge in [-0.2, -0.15) is 0 Å². The highest BCUT2D eigenvalue weighted by molar-refractivity contribution is 5.76. The first-order valence-corrected chi connectivity index (χ1v) is 7.73. The van der Waals surface area contributed by atoms with Crippen LogP contribution >= 0.6 is 0 Å². The summed E-state index contributed by atoms with van der Waals surface area (Å²) in [6.45, 7) is 2.23. The van der Waals surface area contributed by atoms with Crippen molar-refractivity contribution in [2.75, 3.05) is 13.7 Å². The van der Waals surface area contributed by atoms with Gasteiger partial charge in [0.15, 0.2) is 0 Å². The van der Waals surface area contributed by atoms with Crippen LogP contribution in [0, 0.1) is 6.92 Å². The molecule has 0 spiro atoms. The molecule has 0 radical (unpaired) electrons. The summed E-state index contributed by atoms with van der Waals surface area (Å²) in [5.74, 6) is 0.626. The van der Waals surface area contributed by atoms with E-state index in [2.05, 4.69) is 11.4 Å². The summed E-state index contributed by atoms with van der Waals surface area (Å²) in [4.78, 5) is 11.9. The van der Waals surface area contributed by atoms with Gasteiger partial charge in [-0.05, 0) is 36.6 Å². The minimum absolute atomic E-state index is 0.0616. The lowest BCUT2D eigenvalue weighted by Gasteiger charge is -2.13. The van der Waals surface area contributed by atoms with Crippen LogP contribution in [0.4, 0.5) is 0 Å². The third kappa shape index (κ3) is 5.42. The molecule has 2 aromatic rings. The van der Waals surface area contributed by atoms with Crippen molar-refractivity contribution in [2.24, 2.45) is 0 Å². The van der Waals surface area contributed by atoms with Crippen molar-refractivity contribution in [3.63, 3.8) is 0 Å². The SMILES string of the molecule is COc1cccc(C(O)CNC(=O)CCc2cccc(C)c2)c1. The second-order valence-electron chi connectivity index (χ2n) is 5.59. The number of benzene rings is 2. The Balaban J connectivity index is 1.79. The van der Waals surface area contributed by atoms with Gasteiger partial charge in [-0.1, -0.05) is 42.0 Å². The number of aryl methyl sites for hydroxylation is 2. The quantitative estimate of drug-likeness (QED) is 0.826. The van der Waals surface area contributed by atoms with Gasteiger partial charge in [0.05, 0.1) is 13.2 Å². The van der Waals surface area contributed by atoms with Gasteiger partial charge < -0.3 is 15.2 Å². The Kier molecular flexibility index (Phi) is 6.18. The van der Waals surface area contributed by atoms with Gasteiger partial charge in [-0.3, -0.25) is 4.79 Å². The summed E-state index contributed by atoms with van der Waals surface area (Å²) in [7, 11) is 1.58. The van der Waals surface area contributed by atoms with E-state index >= 15 is 0 Å². The molecule has 0 aromatic heterocycles. The van der Waals surface area contributed by atoms with E-state index in [0.717, 1.165) is 11.1 Å². The van der Waals surface area contributed by atoms with Crippen molar-refractivity contribution in [3.05, 3.63) is 65.2 Å². The van der Waals surface area contributed by atoms with E-state index in [4.69, 9.17) is 4.74 Å². The molecule has 0 saturated heterocycles. The first-order valence-electron chi connectivity index (χ1n) is 7.73. The van der Waals surface area contributed by atoms with Crippen LogP contribution in [-0.4, -0.2) is 24.7 Å². The fourth-order valence-corrected chi connectivity index (χ4v) is 2.39. The highest BCUT2D eigenvalue weighted by Gasteiger charge is 2.10. The van der Waals surface area contributed by atoms with Gasteiger partial charge in [0, 0.05) is 13.0 Å². The standard InChI is InChI=1S/C19H23NO3/c1-14-5-3-6-15(11-14)9-10-19(22)20-13-18(21)16-7-4-8-17(12-16)23-2/h3-8,11-12,18,21H,9-10,13H2,1-2H3,(H,20,22). The number of carbonyl (C=O) groups is 1. The lowest BCUT2D eigenvalue weighted by molar-refractivity contribution is -0.121. The van der Waals surface area contributed by atoms with Crippen molar-refractivity contribution in [1.29, 1.82) is 0 Å². The molecule has 0 fully saturated rings. The summed E-state index contributed by atoms with van der Waals surface area (Å²) >= 11 is 0. The molecule has 0 aliphatic carbocycles. The molecule has 2 N–H and O–H groups in total. The highest BCUT2D eigenvalue weighted by Crippen LogP contribution is 2.18. The van der Waals surface area contributed by atoms with E-state index in [1.807, 2.05) is 43.3 Å². The minimum Gasteiger partial charge on any atom is -0.497 e. The lowest BCUT2D eigenvalue weighted by atomic mass is 10.1. The van der Waals surface area contributed by atoms with Gasteiger partial charge in [-0.25, -0.2) is 0 Å². The fraction of sp³-hybridized carbons (Fsp3) is 0.316. The largest absolute Gasteiger partial charge is 0.497 e. The predicted molar refractivity (Wildman–Crippen MR) is 90.5 cm³/mol. The Labute approximate surface area is 137 Å². The van der Waals surface area contributed by atoms with E-state index in [9.17, 15) is 9.90 Å². The molecule has 2 rings (SSSR count). The topological polar surface area (TPSA) is 58.6 Å². The predicted octanol–water partition coefficient (Wildman–Crippen LogP) is 2.79. The van der Waals surface area contributed by atoms with Gasteiger partial charge in [0.25, 0.3) is 0 Å². The molecule has 23 heavy (non-hydrogen) atoms. The lowest BCUT2D eigenvalue weighted by Crippen LogP contribution is -2.28. The Morgan fingerprint density at radius 2 is 2.00 bits per heavy atom. The molecule has 0 heterocycles. The Morgan fingerprint density at radius 1 is 1.22 bits per heavy atom. The van der Waals surface area contributed by atoms with E-state index in [1.165, 1.54) is 5.56 Å². The van der Waals surface area contributed by atoms with Gasteiger partial charge in [-0.15, -0.1) is 0 Å². The van der Waals surface area contributed by atoms with Crippen LogP contribution in [0.5, 0.6) is 5.75 Å². The molecular weight excluding hydrogens is 290 g/mol. The van der Waals surface area contributed by atoms with Gasteiger partial charge in [0.1, 0.15) is 5.75 Å². The highest BCUT2D eigenvalue weighted by atomic mass is 16.5. The van der Waals surface area contributed by atoms with Crippen LogP contribution in [0.3, 0.4) is 0 Å². The maximum absolute atomic E-state index is 11.9. The van der Waals surface area contributed by atoms with Crippen LogP contribution in [0.1, 0.15) is 29.2 Å². The van der Waals surface area contributed by atoms with E-state index in [1.54, 1.807) is 13.2 Å². The molecule has 4 heteroatoms. The van der Waals surface area contributed by atoms with Gasteiger partial charge >= 0.3 is 0 Å². The zero-order valence-corrected chi connectivity index (χ0v) is 13.6. The fourth-order valence-electron chi connectivity index (χ4n) is 2.39. The molecule has 122 valence electrons. The molecule has 1 amide bonds. The monoisotopic (exact) mass is 313 g/mol. The van der Waals surface area contributed by atoms with E-state index < -0.39 is 6.10 Å². The number of aliphatic hydroxyl groups is 1. The zero-order chi connectivity index (χ0) is 16.7. The Morgan fingerprint density at radius 3 is 2.74 bits per heavy atom. The van der Waals surface area contributed by atoms with Crippen LogP contribution in [0.25, 0.3) is 0 Å². The third-order valence-corrected chi connectivity index (χ3v) is 3.69. The Bertz CT molecular complexity index is 655. The average Bonchev–Trinajstić information content (AvgIpc) is 2.58. The third-order valence-electron chi connectivity index (χ3n) is 3.69. The zero-order valence-electron chi connectivity index (χ0n) is 13.6. The molecular formula is C19H23NO3. The van der Waals surface area contributed by atoms with E-state index in [0.29, 0.717) is 18.6 Å². The first kappa shape index (κ1) is 17.0. The van der Waals surface area contributed by atoms with E-state index in [-0.39, 0.29) is 12.5 Å². The second kappa shape index (κ2) is 8.34. The summed E-state index contributed by atoms with van der Waals surface area (Å²) in [6, 6.07) is 15.3. The molecule has 4 nitrogen and oxygen atoms in total.